The van der Waals surface area contributed by atoms with Crippen LogP contribution in [0.5, 0.6) is 0 Å². The first-order chi connectivity index (χ1) is 6.27. The summed E-state index contributed by atoms with van der Waals surface area (Å²) in [5, 5.41) is 14.0. The minimum atomic E-state index is -0.201. The zero-order chi connectivity index (χ0) is 9.26. The Labute approximate surface area is 78.4 Å². The number of rotatable bonds is 1. The summed E-state index contributed by atoms with van der Waals surface area (Å²) < 4.78 is 1.92. The summed E-state index contributed by atoms with van der Waals surface area (Å²) in [5.41, 5.74) is 1.16. The van der Waals surface area contributed by atoms with E-state index in [1.807, 2.05) is 24.0 Å². The van der Waals surface area contributed by atoms with Crippen LogP contribution < -0.4 is 0 Å². The second kappa shape index (κ2) is 3.50. The fourth-order valence-corrected chi connectivity index (χ4v) is 2.01. The molecule has 3 nitrogen and oxygen atoms in total. The second-order valence-corrected chi connectivity index (χ2v) is 3.92. The van der Waals surface area contributed by atoms with E-state index in [1.165, 1.54) is 6.42 Å². The minimum absolute atomic E-state index is 0.201. The van der Waals surface area contributed by atoms with Gasteiger partial charge in [0.2, 0.25) is 0 Å². The quantitative estimate of drug-likeness (QED) is 0.713. The van der Waals surface area contributed by atoms with E-state index in [2.05, 4.69) is 5.10 Å². The Hall–Kier alpha value is -0.830. The second-order valence-electron chi connectivity index (χ2n) is 3.92. The average molecular weight is 180 g/mol. The molecule has 2 atom stereocenters. The largest absolute Gasteiger partial charge is 0.391 e. The van der Waals surface area contributed by atoms with Crippen LogP contribution in [-0.2, 0) is 0 Å². The van der Waals surface area contributed by atoms with Crippen LogP contribution in [0.2, 0.25) is 0 Å². The van der Waals surface area contributed by atoms with Crippen molar-refractivity contribution < 1.29 is 5.11 Å². The van der Waals surface area contributed by atoms with Crippen LogP contribution in [0.25, 0.3) is 0 Å². The van der Waals surface area contributed by atoms with E-state index >= 15 is 0 Å². The molecule has 1 N–H and O–H groups in total. The molecule has 1 aliphatic carbocycles. The zero-order valence-electron chi connectivity index (χ0n) is 7.98. The van der Waals surface area contributed by atoms with Crippen molar-refractivity contribution in [2.45, 2.75) is 44.8 Å². The van der Waals surface area contributed by atoms with Crippen LogP contribution in [0.3, 0.4) is 0 Å². The van der Waals surface area contributed by atoms with Crippen molar-refractivity contribution in [2.24, 2.45) is 0 Å². The van der Waals surface area contributed by atoms with E-state index in [-0.39, 0.29) is 12.1 Å². The molecule has 2 rings (SSSR count). The van der Waals surface area contributed by atoms with Crippen LogP contribution in [-0.4, -0.2) is 21.0 Å². The van der Waals surface area contributed by atoms with Crippen LogP contribution in [0.4, 0.5) is 0 Å². The Morgan fingerprint density at radius 2 is 2.23 bits per heavy atom. The fraction of sp³-hybridized carbons (Fsp3) is 0.700. The van der Waals surface area contributed by atoms with Gasteiger partial charge in [-0.3, -0.25) is 4.68 Å². The third-order valence-corrected chi connectivity index (χ3v) is 2.76. The molecule has 1 saturated carbocycles. The topological polar surface area (TPSA) is 38.0 Å². The van der Waals surface area contributed by atoms with Crippen LogP contribution in [0.1, 0.15) is 37.3 Å². The molecule has 3 heteroatoms. The third-order valence-electron chi connectivity index (χ3n) is 2.76. The summed E-state index contributed by atoms with van der Waals surface area (Å²) in [4.78, 5) is 0. The minimum Gasteiger partial charge on any atom is -0.391 e. The van der Waals surface area contributed by atoms with Crippen molar-refractivity contribution in [3.8, 4) is 0 Å². The van der Waals surface area contributed by atoms with E-state index in [1.54, 1.807) is 0 Å². The lowest BCUT2D eigenvalue weighted by Crippen LogP contribution is -2.27. The third kappa shape index (κ3) is 1.75. The number of aliphatic hydroxyl groups excluding tert-OH is 1. The number of hydrogen-bond donors (Lipinski definition) is 1. The highest BCUT2D eigenvalue weighted by atomic mass is 16.3. The van der Waals surface area contributed by atoms with Gasteiger partial charge in [-0.25, -0.2) is 0 Å². The summed E-state index contributed by atoms with van der Waals surface area (Å²) in [6.45, 7) is 2.03. The highest BCUT2D eigenvalue weighted by Crippen LogP contribution is 2.27. The SMILES string of the molecule is Cc1cnn([C@@H]2CCCC[C@@H]2O)c1. The molecule has 1 aromatic heterocycles. The average Bonchev–Trinajstić information content (AvgIpc) is 2.53. The Morgan fingerprint density at radius 3 is 2.85 bits per heavy atom. The van der Waals surface area contributed by atoms with Gasteiger partial charge in [0.25, 0.3) is 0 Å². The normalized spacial score (nSPS) is 29.1. The first kappa shape index (κ1) is 8.75. The molecule has 72 valence electrons. The van der Waals surface area contributed by atoms with Crippen LogP contribution >= 0.6 is 0 Å². The molecular weight excluding hydrogens is 164 g/mol. The summed E-state index contributed by atoms with van der Waals surface area (Å²) in [7, 11) is 0. The lowest BCUT2D eigenvalue weighted by molar-refractivity contribution is 0.0694. The van der Waals surface area contributed by atoms with Crippen molar-refractivity contribution in [1.82, 2.24) is 9.78 Å². The van der Waals surface area contributed by atoms with E-state index in [4.69, 9.17) is 0 Å². The van der Waals surface area contributed by atoms with Gasteiger partial charge in [0.1, 0.15) is 0 Å². The Morgan fingerprint density at radius 1 is 1.46 bits per heavy atom. The van der Waals surface area contributed by atoms with E-state index in [0.717, 1.165) is 24.8 Å². The lowest BCUT2D eigenvalue weighted by Gasteiger charge is -2.27. The van der Waals surface area contributed by atoms with Gasteiger partial charge >= 0.3 is 0 Å². The number of aromatic nitrogens is 2. The molecule has 1 aromatic rings. The predicted octanol–water partition coefficient (Wildman–Crippen LogP) is 1.67. The molecule has 0 aliphatic heterocycles. The highest BCUT2D eigenvalue weighted by molar-refractivity contribution is 5.01. The van der Waals surface area contributed by atoms with Crippen molar-refractivity contribution in [3.05, 3.63) is 18.0 Å². The van der Waals surface area contributed by atoms with Gasteiger partial charge in [0.05, 0.1) is 18.3 Å². The maximum Gasteiger partial charge on any atom is 0.0778 e. The lowest BCUT2D eigenvalue weighted by atomic mass is 9.93. The monoisotopic (exact) mass is 180 g/mol. The first-order valence-electron chi connectivity index (χ1n) is 4.96. The standard InChI is InChI=1S/C10H16N2O/c1-8-6-11-12(7-8)9-4-2-3-5-10(9)13/h6-7,9-10,13H,2-5H2,1H3/t9-,10+/m1/s1. The number of aryl methyl sites for hydroxylation is 1. The van der Waals surface area contributed by atoms with E-state index < -0.39 is 0 Å². The van der Waals surface area contributed by atoms with E-state index in [9.17, 15) is 5.11 Å². The van der Waals surface area contributed by atoms with Gasteiger partial charge in [-0.15, -0.1) is 0 Å². The van der Waals surface area contributed by atoms with Gasteiger partial charge in [-0.1, -0.05) is 12.8 Å². The van der Waals surface area contributed by atoms with Crippen molar-refractivity contribution in [3.63, 3.8) is 0 Å². The molecule has 1 heterocycles. The highest BCUT2D eigenvalue weighted by Gasteiger charge is 2.24. The summed E-state index contributed by atoms with van der Waals surface area (Å²) >= 11 is 0. The molecular formula is C10H16N2O. The molecule has 0 bridgehead atoms. The molecule has 0 unspecified atom stereocenters. The van der Waals surface area contributed by atoms with Gasteiger partial charge in [0.15, 0.2) is 0 Å². The van der Waals surface area contributed by atoms with Gasteiger partial charge in [-0.05, 0) is 25.3 Å². The Bertz CT molecular complexity index is 282. The zero-order valence-corrected chi connectivity index (χ0v) is 7.98. The molecule has 1 aliphatic rings. The van der Waals surface area contributed by atoms with E-state index in [0.29, 0.717) is 0 Å². The first-order valence-corrected chi connectivity index (χ1v) is 4.96. The number of aliphatic hydroxyl groups is 1. The molecule has 0 aromatic carbocycles. The summed E-state index contributed by atoms with van der Waals surface area (Å²) in [6.07, 6.45) is 8.00. The molecule has 1 fully saturated rings. The summed E-state index contributed by atoms with van der Waals surface area (Å²) in [5.74, 6) is 0. The molecule has 0 amide bonds. The Balaban J connectivity index is 2.14. The fourth-order valence-electron chi connectivity index (χ4n) is 2.01. The number of nitrogens with zero attached hydrogens (tertiary/aromatic N) is 2. The maximum atomic E-state index is 9.77. The van der Waals surface area contributed by atoms with Crippen LogP contribution in [0.15, 0.2) is 12.4 Å². The Kier molecular flexibility index (Phi) is 2.36. The maximum absolute atomic E-state index is 9.77. The molecule has 0 spiro atoms. The smallest absolute Gasteiger partial charge is 0.0778 e. The molecule has 0 saturated heterocycles. The van der Waals surface area contributed by atoms with Gasteiger partial charge in [-0.2, -0.15) is 5.10 Å². The van der Waals surface area contributed by atoms with Crippen molar-refractivity contribution in [1.29, 1.82) is 0 Å². The van der Waals surface area contributed by atoms with Crippen LogP contribution in [0, 0.1) is 6.92 Å². The van der Waals surface area contributed by atoms with Crippen molar-refractivity contribution in [2.75, 3.05) is 0 Å². The van der Waals surface area contributed by atoms with Crippen molar-refractivity contribution >= 4 is 0 Å². The van der Waals surface area contributed by atoms with Gasteiger partial charge < -0.3 is 5.11 Å². The number of hydrogen-bond acceptors (Lipinski definition) is 2. The van der Waals surface area contributed by atoms with Gasteiger partial charge in [0, 0.05) is 6.20 Å². The summed E-state index contributed by atoms with van der Waals surface area (Å²) in [6, 6.07) is 0.211. The molecule has 13 heavy (non-hydrogen) atoms. The molecule has 0 radical (unpaired) electrons. The predicted molar refractivity (Wildman–Crippen MR) is 50.5 cm³/mol.